The largest absolute Gasteiger partial charge is 0.332 e. The van der Waals surface area contributed by atoms with Gasteiger partial charge in [0.1, 0.15) is 6.33 Å². The Balaban J connectivity index is 2.14. The maximum Gasteiger partial charge on any atom is 0.239 e. The molecule has 0 bridgehead atoms. The summed E-state index contributed by atoms with van der Waals surface area (Å²) in [7, 11) is 0. The molecule has 2 heterocycles. The first kappa shape index (κ1) is 10.6. The SMILES string of the molecule is CC(C)(Br)C(=O)N1CCn2cnnc2C1. The number of fused-ring (bicyclic) bond motifs is 1. The Labute approximate surface area is 96.6 Å². The van der Waals surface area contributed by atoms with Crippen molar-refractivity contribution in [2.24, 2.45) is 0 Å². The summed E-state index contributed by atoms with van der Waals surface area (Å²) in [5.41, 5.74) is 0. The van der Waals surface area contributed by atoms with Crippen molar-refractivity contribution >= 4 is 21.8 Å². The lowest BCUT2D eigenvalue weighted by atomic mass is 10.1. The fraction of sp³-hybridized carbons (Fsp3) is 0.667. The molecular formula is C9H13BrN4O. The van der Waals surface area contributed by atoms with Crippen molar-refractivity contribution in [2.45, 2.75) is 31.3 Å². The number of carbonyl (C=O) groups excluding carboxylic acids is 1. The van der Waals surface area contributed by atoms with E-state index in [-0.39, 0.29) is 5.91 Å². The molecular weight excluding hydrogens is 260 g/mol. The van der Waals surface area contributed by atoms with Crippen LogP contribution in [0.2, 0.25) is 0 Å². The molecule has 0 aliphatic carbocycles. The minimum atomic E-state index is -0.505. The molecule has 0 fully saturated rings. The highest BCUT2D eigenvalue weighted by Crippen LogP contribution is 2.21. The summed E-state index contributed by atoms with van der Waals surface area (Å²) in [5.74, 6) is 0.947. The van der Waals surface area contributed by atoms with E-state index in [1.807, 2.05) is 18.4 Å². The number of hydrogen-bond donors (Lipinski definition) is 0. The monoisotopic (exact) mass is 272 g/mol. The van der Waals surface area contributed by atoms with Crippen LogP contribution in [0.3, 0.4) is 0 Å². The molecule has 0 saturated carbocycles. The number of halogens is 1. The van der Waals surface area contributed by atoms with Crippen molar-refractivity contribution < 1.29 is 4.79 Å². The maximum absolute atomic E-state index is 12.0. The second-order valence-electron chi connectivity index (χ2n) is 4.14. The number of aromatic nitrogens is 3. The Kier molecular flexibility index (Phi) is 2.54. The van der Waals surface area contributed by atoms with Crippen LogP contribution in [-0.2, 0) is 17.9 Å². The van der Waals surface area contributed by atoms with Crippen molar-refractivity contribution in [3.05, 3.63) is 12.2 Å². The van der Waals surface area contributed by atoms with Gasteiger partial charge in [0, 0.05) is 13.1 Å². The van der Waals surface area contributed by atoms with Gasteiger partial charge in [-0.1, -0.05) is 15.9 Å². The molecule has 0 saturated heterocycles. The van der Waals surface area contributed by atoms with Crippen LogP contribution >= 0.6 is 15.9 Å². The van der Waals surface area contributed by atoms with E-state index in [1.54, 1.807) is 11.2 Å². The standard InChI is InChI=1S/C9H13BrN4O/c1-9(2,10)8(15)13-3-4-14-6-11-12-7(14)5-13/h6H,3-5H2,1-2H3. The lowest BCUT2D eigenvalue weighted by molar-refractivity contribution is -0.134. The average Bonchev–Trinajstić information content (AvgIpc) is 2.61. The molecule has 15 heavy (non-hydrogen) atoms. The van der Waals surface area contributed by atoms with Gasteiger partial charge in [-0.2, -0.15) is 0 Å². The predicted octanol–water partition coefficient (Wildman–Crippen LogP) is 0.794. The molecule has 5 nitrogen and oxygen atoms in total. The van der Waals surface area contributed by atoms with E-state index in [4.69, 9.17) is 0 Å². The Morgan fingerprint density at radius 1 is 1.53 bits per heavy atom. The van der Waals surface area contributed by atoms with Crippen LogP contribution in [0.1, 0.15) is 19.7 Å². The summed E-state index contributed by atoms with van der Waals surface area (Å²) in [6.07, 6.45) is 1.70. The van der Waals surface area contributed by atoms with E-state index in [0.717, 1.165) is 18.9 Å². The molecule has 1 aliphatic heterocycles. The molecule has 6 heteroatoms. The zero-order valence-corrected chi connectivity index (χ0v) is 10.4. The first-order valence-electron chi connectivity index (χ1n) is 4.83. The zero-order valence-electron chi connectivity index (χ0n) is 8.77. The molecule has 0 aromatic carbocycles. The molecule has 0 spiro atoms. The molecule has 0 radical (unpaired) electrons. The maximum atomic E-state index is 12.0. The van der Waals surface area contributed by atoms with Gasteiger partial charge in [0.25, 0.3) is 0 Å². The highest BCUT2D eigenvalue weighted by molar-refractivity contribution is 9.10. The van der Waals surface area contributed by atoms with Gasteiger partial charge in [0.15, 0.2) is 5.82 Å². The van der Waals surface area contributed by atoms with Crippen molar-refractivity contribution in [1.29, 1.82) is 0 Å². The van der Waals surface area contributed by atoms with Crippen LogP contribution in [-0.4, -0.2) is 36.4 Å². The van der Waals surface area contributed by atoms with Crippen LogP contribution < -0.4 is 0 Å². The smallest absolute Gasteiger partial charge is 0.239 e. The van der Waals surface area contributed by atoms with E-state index in [1.165, 1.54) is 0 Å². The minimum Gasteiger partial charge on any atom is -0.332 e. The molecule has 82 valence electrons. The third-order valence-electron chi connectivity index (χ3n) is 2.43. The molecule has 1 aromatic heterocycles. The van der Waals surface area contributed by atoms with E-state index in [2.05, 4.69) is 26.1 Å². The number of hydrogen-bond acceptors (Lipinski definition) is 3. The van der Waals surface area contributed by atoms with Gasteiger partial charge in [-0.05, 0) is 13.8 Å². The van der Waals surface area contributed by atoms with Gasteiger partial charge in [-0.3, -0.25) is 4.79 Å². The second-order valence-corrected chi connectivity index (χ2v) is 6.12. The van der Waals surface area contributed by atoms with Crippen LogP contribution in [0.5, 0.6) is 0 Å². The lowest BCUT2D eigenvalue weighted by Crippen LogP contribution is -2.45. The summed E-state index contributed by atoms with van der Waals surface area (Å²) >= 11 is 3.38. The summed E-state index contributed by atoms with van der Waals surface area (Å²) in [4.78, 5) is 13.8. The topological polar surface area (TPSA) is 51.0 Å². The Morgan fingerprint density at radius 3 is 2.93 bits per heavy atom. The molecule has 1 aromatic rings. The quantitative estimate of drug-likeness (QED) is 0.711. The summed E-state index contributed by atoms with van der Waals surface area (Å²) in [6, 6.07) is 0. The van der Waals surface area contributed by atoms with Gasteiger partial charge in [-0.15, -0.1) is 10.2 Å². The van der Waals surface area contributed by atoms with E-state index in [9.17, 15) is 4.79 Å². The summed E-state index contributed by atoms with van der Waals surface area (Å²) in [6.45, 7) is 5.76. The third-order valence-corrected chi connectivity index (χ3v) is 2.77. The molecule has 1 aliphatic rings. The number of alkyl halides is 1. The van der Waals surface area contributed by atoms with Crippen LogP contribution in [0.4, 0.5) is 0 Å². The number of carbonyl (C=O) groups is 1. The molecule has 0 unspecified atom stereocenters. The molecule has 1 amide bonds. The van der Waals surface area contributed by atoms with Gasteiger partial charge < -0.3 is 9.47 Å². The van der Waals surface area contributed by atoms with Crippen molar-refractivity contribution in [3.8, 4) is 0 Å². The first-order valence-corrected chi connectivity index (χ1v) is 5.63. The van der Waals surface area contributed by atoms with E-state index in [0.29, 0.717) is 6.54 Å². The first-order chi connectivity index (χ1) is 6.98. The highest BCUT2D eigenvalue weighted by atomic mass is 79.9. The molecule has 2 rings (SSSR count). The number of amides is 1. The van der Waals surface area contributed by atoms with E-state index >= 15 is 0 Å². The second kappa shape index (κ2) is 3.59. The van der Waals surface area contributed by atoms with Gasteiger partial charge >= 0.3 is 0 Å². The highest BCUT2D eigenvalue weighted by Gasteiger charge is 2.31. The minimum absolute atomic E-state index is 0.0942. The number of nitrogens with zero attached hydrogens (tertiary/aromatic N) is 4. The van der Waals surface area contributed by atoms with Crippen LogP contribution in [0.25, 0.3) is 0 Å². The van der Waals surface area contributed by atoms with Gasteiger partial charge in [0.05, 0.1) is 10.9 Å². The van der Waals surface area contributed by atoms with Crippen LogP contribution in [0.15, 0.2) is 6.33 Å². The van der Waals surface area contributed by atoms with Crippen molar-refractivity contribution in [1.82, 2.24) is 19.7 Å². The Bertz CT molecular complexity index is 382. The van der Waals surface area contributed by atoms with E-state index < -0.39 is 4.32 Å². The van der Waals surface area contributed by atoms with Crippen molar-refractivity contribution in [3.63, 3.8) is 0 Å². The van der Waals surface area contributed by atoms with Gasteiger partial charge in [-0.25, -0.2) is 0 Å². The fourth-order valence-electron chi connectivity index (χ4n) is 1.62. The number of rotatable bonds is 1. The third kappa shape index (κ3) is 2.04. The summed E-state index contributed by atoms with van der Waals surface area (Å²) < 4.78 is 1.47. The zero-order chi connectivity index (χ0) is 11.1. The Hall–Kier alpha value is -0.910. The van der Waals surface area contributed by atoms with Crippen molar-refractivity contribution in [2.75, 3.05) is 6.54 Å². The lowest BCUT2D eigenvalue weighted by Gasteiger charge is -2.31. The summed E-state index contributed by atoms with van der Waals surface area (Å²) in [5, 5.41) is 7.80. The fourth-order valence-corrected chi connectivity index (χ4v) is 1.87. The Morgan fingerprint density at radius 2 is 2.27 bits per heavy atom. The molecule has 0 atom stereocenters. The normalized spacial score (nSPS) is 16.3. The van der Waals surface area contributed by atoms with Crippen LogP contribution in [0, 0.1) is 0 Å². The average molecular weight is 273 g/mol. The molecule has 0 N–H and O–H groups in total. The van der Waals surface area contributed by atoms with Gasteiger partial charge in [0.2, 0.25) is 5.91 Å². The predicted molar refractivity (Wildman–Crippen MR) is 58.4 cm³/mol.